The summed E-state index contributed by atoms with van der Waals surface area (Å²) in [6.07, 6.45) is 12.6. The maximum Gasteiger partial charge on any atom is 0.315 e. The molecular weight excluding hydrogens is 1090 g/mol. The first-order chi connectivity index (χ1) is 39.8. The lowest BCUT2D eigenvalue weighted by atomic mass is 9.82. The van der Waals surface area contributed by atoms with Gasteiger partial charge < -0.3 is 47.5 Å². The van der Waals surface area contributed by atoms with Crippen molar-refractivity contribution in [2.24, 2.45) is 0 Å². The van der Waals surface area contributed by atoms with Gasteiger partial charge in [-0.2, -0.15) is 10.2 Å². The summed E-state index contributed by atoms with van der Waals surface area (Å²) >= 11 is 2.73. The number of ether oxygens (including phenoxy) is 6. The third-order valence-electron chi connectivity index (χ3n) is 16.6. The van der Waals surface area contributed by atoms with Crippen LogP contribution in [0.15, 0.2) is 91.9 Å². The van der Waals surface area contributed by atoms with Crippen LogP contribution in [0.2, 0.25) is 0 Å². The summed E-state index contributed by atoms with van der Waals surface area (Å²) < 4.78 is 50.6. The van der Waals surface area contributed by atoms with Gasteiger partial charge in [-0.15, -0.1) is 22.7 Å². The molecule has 2 saturated carbocycles. The molecule has 432 valence electrons. The highest BCUT2D eigenvalue weighted by Gasteiger charge is 2.49. The number of aryl methyl sites for hydroxylation is 2. The van der Waals surface area contributed by atoms with Crippen LogP contribution in [0.25, 0.3) is 42.0 Å². The second-order valence-electron chi connectivity index (χ2n) is 21.4. The minimum atomic E-state index is -1.33. The number of carboxylic acid groups (broad SMARTS) is 2. The standard InChI is InChI=1S/2C30H33N3O7S/c2*1-18-23-24(34)26(30(29(35)36)11-5-6-12-30)32-33(28(23)41-25(18)27-31-13-16-39-27)17-22(40-19-9-14-38-15-10-19)20-7-3-4-8-21(20)37-2/h2*3-4,7-8,13,16,19,22H,5-6,9-12,14-15,17H2,1-2H3,(H,35,36)/t2*22-/m10/s1. The Morgan fingerprint density at radius 1 is 0.622 bits per heavy atom. The van der Waals surface area contributed by atoms with Crippen LogP contribution in [0.3, 0.4) is 0 Å². The lowest BCUT2D eigenvalue weighted by molar-refractivity contribution is -0.144. The molecule has 2 saturated heterocycles. The van der Waals surface area contributed by atoms with Gasteiger partial charge in [0.1, 0.15) is 68.1 Å². The van der Waals surface area contributed by atoms with Gasteiger partial charge in [0.25, 0.3) is 0 Å². The smallest absolute Gasteiger partial charge is 0.315 e. The molecule has 12 rings (SSSR count). The molecule has 0 unspecified atom stereocenters. The van der Waals surface area contributed by atoms with Crippen molar-refractivity contribution in [3.05, 3.63) is 128 Å². The Bertz CT molecular complexity index is 3440. The molecule has 2 aliphatic heterocycles. The van der Waals surface area contributed by atoms with E-state index in [2.05, 4.69) is 9.97 Å². The van der Waals surface area contributed by atoms with E-state index in [0.717, 1.165) is 62.5 Å². The van der Waals surface area contributed by atoms with E-state index < -0.39 is 35.0 Å². The van der Waals surface area contributed by atoms with E-state index in [0.29, 0.717) is 117 Å². The zero-order valence-corrected chi connectivity index (χ0v) is 47.9. The summed E-state index contributed by atoms with van der Waals surface area (Å²) in [5, 5.41) is 31.4. The molecule has 0 spiro atoms. The van der Waals surface area contributed by atoms with E-state index in [4.69, 9.17) is 47.5 Å². The number of hydrogen-bond donors (Lipinski definition) is 2. The van der Waals surface area contributed by atoms with Crippen molar-refractivity contribution in [1.29, 1.82) is 0 Å². The number of methoxy groups -OCH3 is 2. The second-order valence-corrected chi connectivity index (χ2v) is 23.4. The number of para-hydroxylation sites is 2. The van der Waals surface area contributed by atoms with Gasteiger partial charge in [-0.25, -0.2) is 9.97 Å². The number of aromatic nitrogens is 6. The van der Waals surface area contributed by atoms with E-state index in [-0.39, 0.29) is 47.5 Å². The van der Waals surface area contributed by atoms with Crippen molar-refractivity contribution in [3.8, 4) is 33.0 Å². The minimum Gasteiger partial charge on any atom is -0.496 e. The normalized spacial score (nSPS) is 18.1. The van der Waals surface area contributed by atoms with E-state index >= 15 is 0 Å². The van der Waals surface area contributed by atoms with Gasteiger partial charge in [-0.3, -0.25) is 28.5 Å². The summed E-state index contributed by atoms with van der Waals surface area (Å²) in [6.45, 7) is 6.71. The highest BCUT2D eigenvalue weighted by atomic mass is 32.1. The van der Waals surface area contributed by atoms with Gasteiger partial charge in [0.15, 0.2) is 0 Å². The number of rotatable bonds is 18. The number of nitrogens with zero attached hydrogens (tertiary/aromatic N) is 6. The van der Waals surface area contributed by atoms with Crippen molar-refractivity contribution in [2.45, 2.75) is 139 Å². The minimum absolute atomic E-state index is 0.0267. The zero-order valence-electron chi connectivity index (χ0n) is 46.3. The van der Waals surface area contributed by atoms with Crippen LogP contribution < -0.4 is 20.3 Å². The Morgan fingerprint density at radius 3 is 1.34 bits per heavy atom. The van der Waals surface area contributed by atoms with Crippen LogP contribution in [-0.2, 0) is 52.5 Å². The maximum atomic E-state index is 14.1. The molecule has 2 atom stereocenters. The van der Waals surface area contributed by atoms with Crippen LogP contribution in [0.4, 0.5) is 0 Å². The second kappa shape index (κ2) is 24.4. The molecule has 0 bridgehead atoms. The first-order valence-corrected chi connectivity index (χ1v) is 29.6. The lowest BCUT2D eigenvalue weighted by Crippen LogP contribution is -2.40. The van der Waals surface area contributed by atoms with Crippen molar-refractivity contribution < 1.29 is 57.1 Å². The SMILES string of the molecule is COc1ccccc1[C@@H](Cn1nc(C2(C(=O)O)CCCC2)c(=O)c2c(C)c(-c3ncco3)sc21)OC1CCOCC1.COc1ccccc1[C@H](Cn1nc(C2(C(=O)O)CCCC2)c(=O)c2c(C)c(-c3ncco3)sc21)OC1CCOCC1. The van der Waals surface area contributed by atoms with Crippen molar-refractivity contribution >= 4 is 55.0 Å². The first-order valence-electron chi connectivity index (χ1n) is 27.9. The van der Waals surface area contributed by atoms with Crippen LogP contribution in [0, 0.1) is 13.8 Å². The predicted octanol–water partition coefficient (Wildman–Crippen LogP) is 10.5. The Hall–Kier alpha value is -7.08. The number of carboxylic acids is 2. The number of benzene rings is 2. The average Bonchev–Trinajstić information content (AvgIpc) is 4.57. The fraction of sp³-hybridized carbons (Fsp3) is 0.467. The highest BCUT2D eigenvalue weighted by molar-refractivity contribution is 7.22. The molecule has 2 aliphatic carbocycles. The molecule has 2 N–H and O–H groups in total. The molecule has 6 aromatic heterocycles. The molecule has 82 heavy (non-hydrogen) atoms. The summed E-state index contributed by atoms with van der Waals surface area (Å²) in [5.41, 5.74) is -0.0617. The highest BCUT2D eigenvalue weighted by Crippen LogP contribution is 2.45. The number of hydrogen-bond acceptors (Lipinski definition) is 18. The zero-order chi connectivity index (χ0) is 57.1. The number of thiophene rings is 2. The Labute approximate surface area is 479 Å². The van der Waals surface area contributed by atoms with Crippen LogP contribution in [0.5, 0.6) is 11.5 Å². The fourth-order valence-corrected chi connectivity index (χ4v) is 14.7. The lowest BCUT2D eigenvalue weighted by Gasteiger charge is -2.30. The van der Waals surface area contributed by atoms with E-state index in [1.165, 1.54) is 35.2 Å². The van der Waals surface area contributed by atoms with Crippen molar-refractivity contribution in [1.82, 2.24) is 29.5 Å². The molecule has 4 fully saturated rings. The first kappa shape index (κ1) is 56.8. The Kier molecular flexibility index (Phi) is 16.9. The van der Waals surface area contributed by atoms with Gasteiger partial charge in [0.05, 0.1) is 72.4 Å². The molecule has 8 heterocycles. The topological polar surface area (TPSA) is 252 Å². The van der Waals surface area contributed by atoms with Crippen LogP contribution in [0.1, 0.15) is 123 Å². The third-order valence-corrected chi connectivity index (χ3v) is 19.2. The van der Waals surface area contributed by atoms with Crippen LogP contribution in [-0.4, -0.2) is 105 Å². The van der Waals surface area contributed by atoms with E-state index in [1.807, 2.05) is 62.4 Å². The molecule has 0 radical (unpaired) electrons. The number of oxazole rings is 2. The van der Waals surface area contributed by atoms with Gasteiger partial charge in [-0.05, 0) is 88.5 Å². The molecule has 2 aromatic carbocycles. The van der Waals surface area contributed by atoms with Gasteiger partial charge >= 0.3 is 11.9 Å². The molecule has 22 heteroatoms. The fourth-order valence-electron chi connectivity index (χ4n) is 12.3. The van der Waals surface area contributed by atoms with Crippen LogP contribution >= 0.6 is 22.7 Å². The Morgan fingerprint density at radius 2 is 1.00 bits per heavy atom. The van der Waals surface area contributed by atoms with E-state index in [1.54, 1.807) is 36.0 Å². The van der Waals surface area contributed by atoms with Gasteiger partial charge in [-0.1, -0.05) is 62.1 Å². The molecule has 0 amide bonds. The average molecular weight is 1160 g/mol. The monoisotopic (exact) mass is 1160 g/mol. The summed E-state index contributed by atoms with van der Waals surface area (Å²) in [5.74, 6) is 0.164. The molecule has 8 aromatic rings. The predicted molar refractivity (Wildman–Crippen MR) is 305 cm³/mol. The summed E-state index contributed by atoms with van der Waals surface area (Å²) in [7, 11) is 3.25. The van der Waals surface area contributed by atoms with Gasteiger partial charge in [0, 0.05) is 37.6 Å². The quantitative estimate of drug-likeness (QED) is 0.0810. The largest absolute Gasteiger partial charge is 0.496 e. The summed E-state index contributed by atoms with van der Waals surface area (Å²) in [6, 6.07) is 15.4. The molecule has 4 aliphatic rings. The summed E-state index contributed by atoms with van der Waals surface area (Å²) in [4.78, 5) is 65.0. The van der Waals surface area contributed by atoms with E-state index in [9.17, 15) is 29.4 Å². The maximum absolute atomic E-state index is 14.1. The Balaban J connectivity index is 0.000000172. The molecule has 20 nitrogen and oxygen atoms in total. The molecular formula is C60H66N6O14S2. The third kappa shape index (κ3) is 10.8. The van der Waals surface area contributed by atoms with Crippen molar-refractivity contribution in [3.63, 3.8) is 0 Å². The number of carbonyl (C=O) groups is 2. The van der Waals surface area contributed by atoms with Crippen molar-refractivity contribution in [2.75, 3.05) is 40.6 Å². The number of fused-ring (bicyclic) bond motifs is 2. The van der Waals surface area contributed by atoms with Gasteiger partial charge in [0.2, 0.25) is 22.6 Å². The number of aliphatic carboxylic acids is 2.